The largest absolute Gasteiger partial charge is 0.491 e. The van der Waals surface area contributed by atoms with Gasteiger partial charge in [0.2, 0.25) is 0 Å². The molecule has 1 N–H and O–H groups in total. The van der Waals surface area contributed by atoms with Crippen LogP contribution in [0, 0.1) is 0 Å². The highest BCUT2D eigenvalue weighted by Crippen LogP contribution is 2.17. The second-order valence-electron chi connectivity index (χ2n) is 6.11. The summed E-state index contributed by atoms with van der Waals surface area (Å²) in [6.45, 7) is 1.89. The molecule has 0 saturated carbocycles. The summed E-state index contributed by atoms with van der Waals surface area (Å²) < 4.78 is 11.3. The van der Waals surface area contributed by atoms with Crippen molar-refractivity contribution in [2.45, 2.75) is 25.4 Å². The molecule has 2 aromatic carbocycles. The van der Waals surface area contributed by atoms with Gasteiger partial charge in [0.1, 0.15) is 12.4 Å². The summed E-state index contributed by atoms with van der Waals surface area (Å²) in [6, 6.07) is 14.9. The fraction of sp³-hybridized carbons (Fsp3) is 0.350. The highest BCUT2D eigenvalue weighted by molar-refractivity contribution is 6.30. The average Bonchev–Trinajstić information content (AvgIpc) is 3.14. The number of rotatable bonds is 7. The van der Waals surface area contributed by atoms with Crippen LogP contribution in [0.1, 0.15) is 28.8 Å². The van der Waals surface area contributed by atoms with Gasteiger partial charge in [-0.25, -0.2) is 0 Å². The van der Waals surface area contributed by atoms with E-state index in [1.807, 2.05) is 36.4 Å². The molecule has 0 aromatic heterocycles. The summed E-state index contributed by atoms with van der Waals surface area (Å²) in [7, 11) is 0. The van der Waals surface area contributed by atoms with Crippen LogP contribution in [-0.4, -0.2) is 31.8 Å². The minimum atomic E-state index is -0.107. The quantitative estimate of drug-likeness (QED) is 0.816. The molecule has 5 heteroatoms. The van der Waals surface area contributed by atoms with Crippen LogP contribution >= 0.6 is 11.6 Å². The van der Waals surface area contributed by atoms with Crippen LogP contribution in [0.2, 0.25) is 5.02 Å². The Labute approximate surface area is 153 Å². The molecule has 0 aliphatic carbocycles. The van der Waals surface area contributed by atoms with Gasteiger partial charge in [-0.05, 0) is 55.2 Å². The van der Waals surface area contributed by atoms with Crippen molar-refractivity contribution in [2.75, 3.05) is 19.8 Å². The van der Waals surface area contributed by atoms with Crippen LogP contribution in [-0.2, 0) is 11.2 Å². The lowest BCUT2D eigenvalue weighted by Crippen LogP contribution is -2.25. The van der Waals surface area contributed by atoms with Crippen LogP contribution in [0.4, 0.5) is 0 Å². The van der Waals surface area contributed by atoms with Gasteiger partial charge in [0, 0.05) is 23.7 Å². The first kappa shape index (κ1) is 17.8. The van der Waals surface area contributed by atoms with Gasteiger partial charge >= 0.3 is 0 Å². The van der Waals surface area contributed by atoms with Crippen molar-refractivity contribution in [3.05, 3.63) is 64.7 Å². The third-order valence-corrected chi connectivity index (χ3v) is 4.38. The zero-order valence-corrected chi connectivity index (χ0v) is 14.8. The van der Waals surface area contributed by atoms with Gasteiger partial charge in [-0.2, -0.15) is 0 Å². The molecule has 0 bridgehead atoms. The van der Waals surface area contributed by atoms with Crippen molar-refractivity contribution in [3.8, 4) is 5.75 Å². The highest BCUT2D eigenvalue weighted by atomic mass is 35.5. The minimum Gasteiger partial charge on any atom is -0.491 e. The lowest BCUT2D eigenvalue weighted by molar-refractivity contribution is 0.0679. The van der Waals surface area contributed by atoms with Crippen molar-refractivity contribution in [2.24, 2.45) is 0 Å². The van der Waals surface area contributed by atoms with Crippen molar-refractivity contribution >= 4 is 17.5 Å². The number of halogens is 1. The first-order valence-corrected chi connectivity index (χ1v) is 8.95. The van der Waals surface area contributed by atoms with Crippen molar-refractivity contribution in [1.29, 1.82) is 0 Å². The monoisotopic (exact) mass is 359 g/mol. The number of benzene rings is 2. The first-order valence-electron chi connectivity index (χ1n) is 8.58. The molecule has 1 amide bonds. The van der Waals surface area contributed by atoms with Crippen LogP contribution in [0.3, 0.4) is 0 Å². The highest BCUT2D eigenvalue weighted by Gasteiger charge is 2.16. The smallest absolute Gasteiger partial charge is 0.251 e. The van der Waals surface area contributed by atoms with E-state index in [0.717, 1.165) is 31.4 Å². The fourth-order valence-electron chi connectivity index (χ4n) is 2.81. The van der Waals surface area contributed by atoms with E-state index in [1.165, 1.54) is 0 Å². The summed E-state index contributed by atoms with van der Waals surface area (Å²) in [5, 5.41) is 3.64. The van der Waals surface area contributed by atoms with E-state index in [-0.39, 0.29) is 12.0 Å². The van der Waals surface area contributed by atoms with Crippen molar-refractivity contribution in [3.63, 3.8) is 0 Å². The predicted molar refractivity (Wildman–Crippen MR) is 98.4 cm³/mol. The maximum atomic E-state index is 12.3. The topological polar surface area (TPSA) is 47.6 Å². The number of hydrogen-bond donors (Lipinski definition) is 1. The summed E-state index contributed by atoms with van der Waals surface area (Å²) in [5.74, 6) is 0.586. The summed E-state index contributed by atoms with van der Waals surface area (Å²) >= 11 is 5.97. The Morgan fingerprint density at radius 2 is 2.12 bits per heavy atom. The maximum Gasteiger partial charge on any atom is 0.251 e. The molecule has 25 heavy (non-hydrogen) atoms. The molecule has 1 aliphatic rings. The molecule has 1 unspecified atom stereocenters. The lowest BCUT2D eigenvalue weighted by atomic mass is 10.1. The third-order valence-electron chi connectivity index (χ3n) is 4.14. The number of carbonyl (C=O) groups is 1. The Hall–Kier alpha value is -2.04. The molecule has 1 atom stereocenters. The van der Waals surface area contributed by atoms with E-state index in [0.29, 0.717) is 29.5 Å². The molecule has 0 spiro atoms. The zero-order chi connectivity index (χ0) is 17.5. The van der Waals surface area contributed by atoms with Gasteiger partial charge < -0.3 is 14.8 Å². The van der Waals surface area contributed by atoms with E-state index in [4.69, 9.17) is 21.1 Å². The number of ether oxygens (including phenoxy) is 2. The summed E-state index contributed by atoms with van der Waals surface area (Å²) in [4.78, 5) is 12.3. The van der Waals surface area contributed by atoms with Gasteiger partial charge in [0.05, 0.1) is 6.10 Å². The van der Waals surface area contributed by atoms with Gasteiger partial charge in [0.25, 0.3) is 5.91 Å². The molecular weight excluding hydrogens is 338 g/mol. The first-order chi connectivity index (χ1) is 12.2. The Kier molecular flexibility index (Phi) is 6.31. The fourth-order valence-corrected chi connectivity index (χ4v) is 3.02. The lowest BCUT2D eigenvalue weighted by Gasteiger charge is -2.12. The van der Waals surface area contributed by atoms with Gasteiger partial charge in [0.15, 0.2) is 0 Å². The Morgan fingerprint density at radius 3 is 2.92 bits per heavy atom. The number of hydrogen-bond acceptors (Lipinski definition) is 3. The van der Waals surface area contributed by atoms with E-state index in [2.05, 4.69) is 5.32 Å². The average molecular weight is 360 g/mol. The molecule has 1 aliphatic heterocycles. The summed E-state index contributed by atoms with van der Waals surface area (Å²) in [5.41, 5.74) is 1.69. The second-order valence-corrected chi connectivity index (χ2v) is 6.55. The van der Waals surface area contributed by atoms with Gasteiger partial charge in [-0.3, -0.25) is 4.79 Å². The molecular formula is C20H22ClNO3. The van der Waals surface area contributed by atoms with E-state index in [1.54, 1.807) is 12.1 Å². The van der Waals surface area contributed by atoms with E-state index in [9.17, 15) is 4.79 Å². The molecule has 1 fully saturated rings. The Morgan fingerprint density at radius 1 is 1.24 bits per heavy atom. The van der Waals surface area contributed by atoms with E-state index >= 15 is 0 Å². The minimum absolute atomic E-state index is 0.107. The molecule has 0 radical (unpaired) electrons. The standard InChI is InChI=1S/C20H22ClNO3/c21-17-6-1-4-15(12-17)9-10-22-20(23)16-5-2-7-18(13-16)25-14-19-8-3-11-24-19/h1-2,4-7,12-13,19H,3,8-11,14H2,(H,22,23). The van der Waals surface area contributed by atoms with Crippen LogP contribution in [0.5, 0.6) is 5.75 Å². The summed E-state index contributed by atoms with van der Waals surface area (Å²) in [6.07, 6.45) is 3.02. The van der Waals surface area contributed by atoms with Crippen molar-refractivity contribution < 1.29 is 14.3 Å². The Balaban J connectivity index is 1.48. The normalized spacial score (nSPS) is 16.6. The predicted octanol–water partition coefficient (Wildman–Crippen LogP) is 3.87. The van der Waals surface area contributed by atoms with Gasteiger partial charge in [-0.1, -0.05) is 29.8 Å². The Bertz CT molecular complexity index is 714. The third kappa shape index (κ3) is 5.48. The van der Waals surface area contributed by atoms with Crippen molar-refractivity contribution in [1.82, 2.24) is 5.32 Å². The SMILES string of the molecule is O=C(NCCc1cccc(Cl)c1)c1cccc(OCC2CCCO2)c1. The van der Waals surface area contributed by atoms with Crippen LogP contribution in [0.25, 0.3) is 0 Å². The number of nitrogens with one attached hydrogen (secondary N) is 1. The number of carbonyl (C=O) groups excluding carboxylic acids is 1. The molecule has 1 heterocycles. The van der Waals surface area contributed by atoms with Crippen LogP contribution < -0.4 is 10.1 Å². The molecule has 132 valence electrons. The van der Waals surface area contributed by atoms with Gasteiger partial charge in [-0.15, -0.1) is 0 Å². The molecule has 4 nitrogen and oxygen atoms in total. The zero-order valence-electron chi connectivity index (χ0n) is 14.0. The molecule has 3 rings (SSSR count). The van der Waals surface area contributed by atoms with E-state index < -0.39 is 0 Å². The van der Waals surface area contributed by atoms with Crippen LogP contribution in [0.15, 0.2) is 48.5 Å². The molecule has 2 aromatic rings. The second kappa shape index (κ2) is 8.88. The maximum absolute atomic E-state index is 12.3. The number of amides is 1. The molecule has 1 saturated heterocycles.